The normalized spacial score (nSPS) is 31.7. The van der Waals surface area contributed by atoms with Crippen LogP contribution in [0.5, 0.6) is 0 Å². The third-order valence-corrected chi connectivity index (χ3v) is 7.75. The minimum Gasteiger partial charge on any atom is -0.462 e. The second kappa shape index (κ2) is 6.07. The molecule has 1 aromatic carbocycles. The molecule has 5 rings (SSSR count). The number of Topliss-reactive ketones (excluding diaryl/α,β-unsaturated/α-hetero) is 2. The van der Waals surface area contributed by atoms with Crippen molar-refractivity contribution in [2.24, 2.45) is 11.8 Å². The summed E-state index contributed by atoms with van der Waals surface area (Å²) in [7, 11) is 0. The van der Waals surface area contributed by atoms with Gasteiger partial charge in [0.05, 0.1) is 12.2 Å². The van der Waals surface area contributed by atoms with E-state index in [0.29, 0.717) is 12.0 Å². The second-order valence-electron chi connectivity index (χ2n) is 7.51. The number of rotatable bonds is 3. The molecule has 3 aliphatic rings. The molecule has 0 aliphatic heterocycles. The maximum atomic E-state index is 13.7. The Morgan fingerprint density at radius 2 is 1.69 bits per heavy atom. The molecule has 2 bridgehead atoms. The predicted molar refractivity (Wildman–Crippen MR) is 107 cm³/mol. The van der Waals surface area contributed by atoms with Crippen molar-refractivity contribution in [2.45, 2.75) is 23.1 Å². The molecular formula is C22H16Cl2O5. The van der Waals surface area contributed by atoms with Crippen LogP contribution in [0.3, 0.4) is 0 Å². The number of hydrogen-bond donors (Lipinski definition) is 0. The van der Waals surface area contributed by atoms with Gasteiger partial charge in [-0.3, -0.25) is 9.59 Å². The summed E-state index contributed by atoms with van der Waals surface area (Å²) in [4.78, 5) is 36.7. The molecule has 0 N–H and O–H groups in total. The first-order chi connectivity index (χ1) is 13.9. The van der Waals surface area contributed by atoms with Crippen molar-refractivity contribution in [1.82, 2.24) is 0 Å². The summed E-state index contributed by atoms with van der Waals surface area (Å²) in [5.41, 5.74) is 0.348. The third-order valence-electron chi connectivity index (χ3n) is 6.15. The number of benzene rings is 1. The van der Waals surface area contributed by atoms with Crippen molar-refractivity contribution in [3.63, 3.8) is 0 Å². The number of ether oxygens (including phenoxy) is 1. The summed E-state index contributed by atoms with van der Waals surface area (Å²) in [5.74, 6) is -2.73. The van der Waals surface area contributed by atoms with Crippen molar-refractivity contribution in [3.05, 3.63) is 59.4 Å². The van der Waals surface area contributed by atoms with E-state index in [0.717, 1.165) is 0 Å². The number of hydrogen-bond acceptors (Lipinski definition) is 5. The number of fused-ring (bicyclic) bond motifs is 6. The van der Waals surface area contributed by atoms with Crippen LogP contribution in [-0.4, -0.2) is 33.9 Å². The SMILES string of the molecule is CCOC(=O)c1c(-c2ccccc2)oc2c1C(=O)C1(Cl)C3C=CC(C3)C1(Cl)C2=O. The average Bonchev–Trinajstić information content (AvgIpc) is 3.41. The smallest absolute Gasteiger partial charge is 0.342 e. The highest BCUT2D eigenvalue weighted by atomic mass is 35.5. The van der Waals surface area contributed by atoms with E-state index >= 15 is 0 Å². The van der Waals surface area contributed by atoms with E-state index in [1.807, 2.05) is 18.2 Å². The summed E-state index contributed by atoms with van der Waals surface area (Å²) in [6.45, 7) is 1.77. The summed E-state index contributed by atoms with van der Waals surface area (Å²) in [6.07, 6.45) is 4.17. The van der Waals surface area contributed by atoms with E-state index in [2.05, 4.69) is 0 Å². The summed E-state index contributed by atoms with van der Waals surface area (Å²) in [5, 5.41) is 0. The molecule has 7 heteroatoms. The number of esters is 1. The molecule has 5 nitrogen and oxygen atoms in total. The Morgan fingerprint density at radius 1 is 1.07 bits per heavy atom. The molecule has 1 saturated carbocycles. The number of carbonyl (C=O) groups is 3. The lowest BCUT2D eigenvalue weighted by molar-refractivity contribution is 0.0522. The molecule has 1 heterocycles. The summed E-state index contributed by atoms with van der Waals surface area (Å²) < 4.78 is 11.0. The van der Waals surface area contributed by atoms with Gasteiger partial charge < -0.3 is 9.15 Å². The number of carbonyl (C=O) groups excluding carboxylic acids is 3. The van der Waals surface area contributed by atoms with Crippen LogP contribution in [0, 0.1) is 11.8 Å². The van der Waals surface area contributed by atoms with Gasteiger partial charge in [0.1, 0.15) is 21.1 Å². The zero-order valence-electron chi connectivity index (χ0n) is 15.4. The number of halogens is 2. The molecule has 29 heavy (non-hydrogen) atoms. The van der Waals surface area contributed by atoms with Crippen molar-refractivity contribution >= 4 is 40.7 Å². The van der Waals surface area contributed by atoms with Gasteiger partial charge in [-0.15, -0.1) is 23.2 Å². The van der Waals surface area contributed by atoms with Gasteiger partial charge >= 0.3 is 5.97 Å². The maximum Gasteiger partial charge on any atom is 0.342 e. The van der Waals surface area contributed by atoms with Crippen LogP contribution >= 0.6 is 23.2 Å². The highest BCUT2D eigenvalue weighted by Gasteiger charge is 2.75. The van der Waals surface area contributed by atoms with Gasteiger partial charge in [-0.05, 0) is 13.3 Å². The Hall–Kier alpha value is -2.37. The highest BCUT2D eigenvalue weighted by Crippen LogP contribution is 2.64. The van der Waals surface area contributed by atoms with E-state index in [9.17, 15) is 14.4 Å². The molecule has 2 aromatic rings. The Bertz CT molecular complexity index is 1100. The number of allylic oxidation sites excluding steroid dienone is 2. The lowest BCUT2D eigenvalue weighted by atomic mass is 9.69. The summed E-state index contributed by atoms with van der Waals surface area (Å²) in [6, 6.07) is 8.78. The molecule has 0 amide bonds. The van der Waals surface area contributed by atoms with Gasteiger partial charge in [-0.2, -0.15) is 0 Å². The van der Waals surface area contributed by atoms with Crippen LogP contribution in [0.1, 0.15) is 44.6 Å². The van der Waals surface area contributed by atoms with Crippen molar-refractivity contribution in [1.29, 1.82) is 0 Å². The first-order valence-electron chi connectivity index (χ1n) is 9.40. The zero-order valence-corrected chi connectivity index (χ0v) is 16.9. The first kappa shape index (κ1) is 18.6. The molecule has 1 aromatic heterocycles. The van der Waals surface area contributed by atoms with E-state index in [4.69, 9.17) is 32.4 Å². The van der Waals surface area contributed by atoms with Crippen LogP contribution in [0.25, 0.3) is 11.3 Å². The fourth-order valence-corrected chi connectivity index (χ4v) is 5.80. The first-order valence-corrected chi connectivity index (χ1v) is 10.2. The van der Waals surface area contributed by atoms with Crippen LogP contribution in [0.15, 0.2) is 46.9 Å². The molecule has 148 valence electrons. The van der Waals surface area contributed by atoms with Crippen LogP contribution < -0.4 is 0 Å². The molecule has 0 spiro atoms. The van der Waals surface area contributed by atoms with Crippen LogP contribution in [-0.2, 0) is 4.74 Å². The average molecular weight is 431 g/mol. The largest absolute Gasteiger partial charge is 0.462 e. The Kier molecular flexibility index (Phi) is 3.90. The standard InChI is InChI=1S/C22H16Cl2O5/c1-2-28-20(27)15-14-17(29-16(15)11-6-4-3-5-7-11)19(26)22(24)13-9-8-12(10-13)21(22,23)18(14)25/h3-9,12-13H,2,10H2,1H3. The van der Waals surface area contributed by atoms with Gasteiger partial charge in [0.15, 0.2) is 11.5 Å². The zero-order chi connectivity index (χ0) is 20.6. The minimum atomic E-state index is -1.66. The van der Waals surface area contributed by atoms with E-state index in [-0.39, 0.29) is 41.1 Å². The van der Waals surface area contributed by atoms with Crippen molar-refractivity contribution in [3.8, 4) is 11.3 Å². The maximum absolute atomic E-state index is 13.7. The Labute approximate surface area is 176 Å². The summed E-state index contributed by atoms with van der Waals surface area (Å²) >= 11 is 13.6. The topological polar surface area (TPSA) is 73.6 Å². The van der Waals surface area contributed by atoms with E-state index in [1.165, 1.54) is 0 Å². The Balaban J connectivity index is 1.80. The quantitative estimate of drug-likeness (QED) is 0.402. The molecule has 1 fully saturated rings. The number of furan rings is 1. The molecule has 3 aliphatic carbocycles. The molecule has 0 saturated heterocycles. The Morgan fingerprint density at radius 3 is 2.31 bits per heavy atom. The van der Waals surface area contributed by atoms with Gasteiger partial charge in [0, 0.05) is 17.4 Å². The van der Waals surface area contributed by atoms with Gasteiger partial charge in [0.2, 0.25) is 5.78 Å². The third kappa shape index (κ3) is 2.10. The highest BCUT2D eigenvalue weighted by molar-refractivity contribution is 6.55. The van der Waals surface area contributed by atoms with Crippen LogP contribution in [0.4, 0.5) is 0 Å². The van der Waals surface area contributed by atoms with Gasteiger partial charge in [-0.25, -0.2) is 4.79 Å². The lowest BCUT2D eigenvalue weighted by Gasteiger charge is -2.43. The fraction of sp³-hybridized carbons (Fsp3) is 0.318. The number of ketones is 2. The van der Waals surface area contributed by atoms with Crippen molar-refractivity contribution < 1.29 is 23.5 Å². The molecule has 0 radical (unpaired) electrons. The van der Waals surface area contributed by atoms with Gasteiger partial charge in [-0.1, -0.05) is 42.5 Å². The lowest BCUT2D eigenvalue weighted by Crippen LogP contribution is -2.62. The predicted octanol–water partition coefficient (Wildman–Crippen LogP) is 4.66. The second-order valence-corrected chi connectivity index (χ2v) is 8.70. The monoisotopic (exact) mass is 430 g/mol. The fourth-order valence-electron chi connectivity index (χ4n) is 4.84. The van der Waals surface area contributed by atoms with Crippen molar-refractivity contribution in [2.75, 3.05) is 6.61 Å². The molecular weight excluding hydrogens is 415 g/mol. The van der Waals surface area contributed by atoms with Gasteiger partial charge in [0.25, 0.3) is 0 Å². The van der Waals surface area contributed by atoms with E-state index < -0.39 is 27.3 Å². The molecule has 4 atom stereocenters. The van der Waals surface area contributed by atoms with E-state index in [1.54, 1.807) is 31.2 Å². The minimum absolute atomic E-state index is 0.0723. The number of alkyl halides is 2. The molecule has 4 unspecified atom stereocenters. The van der Waals surface area contributed by atoms with Crippen LogP contribution in [0.2, 0.25) is 0 Å².